The summed E-state index contributed by atoms with van der Waals surface area (Å²) >= 11 is 6.36. The summed E-state index contributed by atoms with van der Waals surface area (Å²) in [6.07, 6.45) is 0. The van der Waals surface area contributed by atoms with E-state index < -0.39 is 0 Å². The largest absolute Gasteiger partial charge is 0.419 e. The first-order valence-corrected chi connectivity index (χ1v) is 9.00. The third-order valence-corrected chi connectivity index (χ3v) is 4.72. The maximum Gasteiger partial charge on any atom is 0.232 e. The Morgan fingerprint density at radius 2 is 1.89 bits per heavy atom. The van der Waals surface area contributed by atoms with Crippen molar-refractivity contribution >= 4 is 17.5 Å². The lowest BCUT2D eigenvalue weighted by Crippen LogP contribution is -2.27. The number of halogens is 1. The van der Waals surface area contributed by atoms with Crippen LogP contribution in [-0.4, -0.2) is 30.5 Å². The second-order valence-electron chi connectivity index (χ2n) is 6.56. The molecule has 0 saturated heterocycles. The van der Waals surface area contributed by atoms with E-state index in [9.17, 15) is 5.26 Å². The quantitative estimate of drug-likeness (QED) is 0.659. The maximum atomic E-state index is 9.41. The van der Waals surface area contributed by atoms with Gasteiger partial charge in [0.1, 0.15) is 6.07 Å². The number of rotatable bonds is 6. The minimum Gasteiger partial charge on any atom is -0.419 e. The molecule has 3 rings (SSSR count). The average molecular weight is 381 g/mol. The van der Waals surface area contributed by atoms with E-state index in [0.29, 0.717) is 23.3 Å². The molecule has 5 nitrogen and oxygen atoms in total. The Balaban J connectivity index is 1.83. The standard InChI is InChI=1S/C21H21ClN4O/c1-14-8-10-15(11-9-14)20-25-18(12-23)21(27-20)24-13-19(26(2)3)16-6-4-5-7-17(16)22/h4-11,19,24H,13H2,1-3H3/t19-/m0/s1. The number of hydrogen-bond acceptors (Lipinski definition) is 5. The Labute approximate surface area is 164 Å². The number of nitrogens with one attached hydrogen (secondary N) is 1. The smallest absolute Gasteiger partial charge is 0.232 e. The van der Waals surface area contributed by atoms with E-state index in [1.54, 1.807) is 0 Å². The molecule has 1 aromatic heterocycles. The Bertz CT molecular complexity index is 957. The van der Waals surface area contributed by atoms with Crippen LogP contribution in [0.5, 0.6) is 0 Å². The van der Waals surface area contributed by atoms with Gasteiger partial charge in [-0.1, -0.05) is 47.5 Å². The van der Waals surface area contributed by atoms with Crippen LogP contribution >= 0.6 is 11.6 Å². The van der Waals surface area contributed by atoms with Gasteiger partial charge in [-0.15, -0.1) is 0 Å². The molecule has 1 atom stereocenters. The zero-order valence-corrected chi connectivity index (χ0v) is 16.3. The molecule has 0 unspecified atom stereocenters. The predicted molar refractivity (Wildman–Crippen MR) is 108 cm³/mol. The number of nitrogens with zero attached hydrogens (tertiary/aromatic N) is 3. The van der Waals surface area contributed by atoms with Crippen LogP contribution in [-0.2, 0) is 0 Å². The summed E-state index contributed by atoms with van der Waals surface area (Å²) in [7, 11) is 3.97. The highest BCUT2D eigenvalue weighted by Crippen LogP contribution is 2.29. The summed E-state index contributed by atoms with van der Waals surface area (Å²) in [5, 5.41) is 13.3. The molecule has 0 aliphatic rings. The Kier molecular flexibility index (Phi) is 5.80. The fourth-order valence-corrected chi connectivity index (χ4v) is 3.10. The topological polar surface area (TPSA) is 65.1 Å². The Morgan fingerprint density at radius 1 is 1.19 bits per heavy atom. The second-order valence-corrected chi connectivity index (χ2v) is 6.96. The van der Waals surface area contributed by atoms with Crippen molar-refractivity contribution in [3.63, 3.8) is 0 Å². The van der Waals surface area contributed by atoms with Gasteiger partial charge in [-0.2, -0.15) is 10.2 Å². The highest BCUT2D eigenvalue weighted by atomic mass is 35.5. The van der Waals surface area contributed by atoms with Crippen molar-refractivity contribution in [1.29, 1.82) is 5.26 Å². The molecule has 0 saturated carbocycles. The molecule has 1 heterocycles. The maximum absolute atomic E-state index is 9.41. The normalized spacial score (nSPS) is 12.0. The molecule has 0 aliphatic carbocycles. The van der Waals surface area contributed by atoms with E-state index >= 15 is 0 Å². The Morgan fingerprint density at radius 3 is 2.52 bits per heavy atom. The lowest BCUT2D eigenvalue weighted by Gasteiger charge is -2.25. The molecule has 0 radical (unpaired) electrons. The molecule has 138 valence electrons. The predicted octanol–water partition coefficient (Wildman–Crippen LogP) is 4.89. The summed E-state index contributed by atoms with van der Waals surface area (Å²) in [5.74, 6) is 0.792. The van der Waals surface area contributed by atoms with Crippen LogP contribution in [0, 0.1) is 18.3 Å². The summed E-state index contributed by atoms with van der Waals surface area (Å²) in [4.78, 5) is 6.38. The number of aromatic nitrogens is 1. The van der Waals surface area contributed by atoms with Crippen molar-refractivity contribution in [2.24, 2.45) is 0 Å². The van der Waals surface area contributed by atoms with Gasteiger partial charge >= 0.3 is 0 Å². The van der Waals surface area contributed by atoms with Gasteiger partial charge in [-0.25, -0.2) is 0 Å². The van der Waals surface area contributed by atoms with E-state index in [4.69, 9.17) is 16.0 Å². The highest BCUT2D eigenvalue weighted by molar-refractivity contribution is 6.31. The van der Waals surface area contributed by atoms with Gasteiger partial charge in [0.05, 0.1) is 6.04 Å². The van der Waals surface area contributed by atoms with Gasteiger partial charge in [-0.3, -0.25) is 0 Å². The minimum atomic E-state index is 0.0122. The average Bonchev–Trinajstić information content (AvgIpc) is 3.07. The van der Waals surface area contributed by atoms with Gasteiger partial charge < -0.3 is 14.6 Å². The van der Waals surface area contributed by atoms with Crippen molar-refractivity contribution in [2.75, 3.05) is 26.0 Å². The second kappa shape index (κ2) is 8.26. The summed E-state index contributed by atoms with van der Waals surface area (Å²) in [5.41, 5.74) is 3.23. The van der Waals surface area contributed by atoms with E-state index in [1.807, 2.05) is 69.6 Å². The summed E-state index contributed by atoms with van der Waals surface area (Å²) in [6.45, 7) is 2.54. The molecule has 6 heteroatoms. The number of nitriles is 1. The van der Waals surface area contributed by atoms with Crippen LogP contribution in [0.1, 0.15) is 22.9 Å². The summed E-state index contributed by atoms with van der Waals surface area (Å²) in [6, 6.07) is 17.7. The van der Waals surface area contributed by atoms with Crippen LogP contribution in [0.2, 0.25) is 5.02 Å². The van der Waals surface area contributed by atoms with Crippen molar-refractivity contribution < 1.29 is 4.42 Å². The zero-order valence-electron chi connectivity index (χ0n) is 15.5. The lowest BCUT2D eigenvalue weighted by atomic mass is 10.1. The molecular weight excluding hydrogens is 360 g/mol. The third kappa shape index (κ3) is 4.30. The van der Waals surface area contributed by atoms with E-state index in [-0.39, 0.29) is 11.7 Å². The lowest BCUT2D eigenvalue weighted by molar-refractivity contribution is 0.310. The fourth-order valence-electron chi connectivity index (χ4n) is 2.84. The number of hydrogen-bond donors (Lipinski definition) is 1. The van der Waals surface area contributed by atoms with Gasteiger partial charge in [0.2, 0.25) is 17.5 Å². The summed E-state index contributed by atoms with van der Waals surface area (Å²) < 4.78 is 5.83. The molecule has 0 aliphatic heterocycles. The number of likely N-dealkylation sites (N-methyl/N-ethyl adjacent to an activating group) is 1. The van der Waals surface area contributed by atoms with Crippen molar-refractivity contribution in [3.05, 3.63) is 70.4 Å². The number of benzene rings is 2. The molecule has 2 aromatic carbocycles. The van der Waals surface area contributed by atoms with Gasteiger partial charge in [0.25, 0.3) is 0 Å². The molecule has 1 N–H and O–H groups in total. The first-order chi connectivity index (χ1) is 13.0. The Hall–Kier alpha value is -2.81. The third-order valence-electron chi connectivity index (χ3n) is 4.38. The molecule has 3 aromatic rings. The first-order valence-electron chi connectivity index (χ1n) is 8.62. The molecule has 0 bridgehead atoms. The first kappa shape index (κ1) is 19.0. The number of oxazole rings is 1. The molecular formula is C21H21ClN4O. The van der Waals surface area contributed by atoms with Gasteiger partial charge in [0, 0.05) is 17.1 Å². The van der Waals surface area contributed by atoms with Crippen LogP contribution in [0.25, 0.3) is 11.5 Å². The monoisotopic (exact) mass is 380 g/mol. The minimum absolute atomic E-state index is 0.0122. The van der Waals surface area contributed by atoms with E-state index in [0.717, 1.165) is 16.7 Å². The highest BCUT2D eigenvalue weighted by Gasteiger charge is 2.20. The number of anilines is 1. The fraction of sp³-hybridized carbons (Fsp3) is 0.238. The van der Waals surface area contributed by atoms with Crippen molar-refractivity contribution in [2.45, 2.75) is 13.0 Å². The zero-order chi connectivity index (χ0) is 19.4. The van der Waals surface area contributed by atoms with Crippen molar-refractivity contribution in [3.8, 4) is 17.5 Å². The van der Waals surface area contributed by atoms with Crippen LogP contribution in [0.4, 0.5) is 5.88 Å². The SMILES string of the molecule is Cc1ccc(-c2nc(C#N)c(NC[C@@H](c3ccccc3Cl)N(C)C)o2)cc1. The molecule has 0 fully saturated rings. The van der Waals surface area contributed by atoms with E-state index in [2.05, 4.69) is 21.3 Å². The number of aryl methyl sites for hydroxylation is 1. The van der Waals surface area contributed by atoms with Gasteiger partial charge in [-0.05, 0) is 44.8 Å². The molecule has 0 amide bonds. The van der Waals surface area contributed by atoms with Crippen molar-refractivity contribution in [1.82, 2.24) is 9.88 Å². The molecule has 0 spiro atoms. The van der Waals surface area contributed by atoms with Crippen LogP contribution in [0.3, 0.4) is 0 Å². The van der Waals surface area contributed by atoms with E-state index in [1.165, 1.54) is 0 Å². The molecule has 27 heavy (non-hydrogen) atoms. The van der Waals surface area contributed by atoms with Gasteiger partial charge in [0.15, 0.2) is 0 Å². The van der Waals surface area contributed by atoms with Crippen LogP contribution < -0.4 is 5.32 Å². The van der Waals surface area contributed by atoms with Crippen LogP contribution in [0.15, 0.2) is 52.9 Å².